The summed E-state index contributed by atoms with van der Waals surface area (Å²) in [4.78, 5) is 18.3. The molecular formula is C38H55N3O4S. The minimum Gasteiger partial charge on any atom is -0.490 e. The summed E-state index contributed by atoms with van der Waals surface area (Å²) >= 11 is 0. The lowest BCUT2D eigenvalue weighted by Gasteiger charge is -2.50. The second-order valence-corrected chi connectivity index (χ2v) is 17.9. The van der Waals surface area contributed by atoms with Gasteiger partial charge >= 0.3 is 0 Å². The summed E-state index contributed by atoms with van der Waals surface area (Å²) in [5.74, 6) is 5.09. The molecule has 2 bridgehead atoms. The number of rotatable bonds is 3. The number of nitrogens with zero attached hydrogens (tertiary/aromatic N) is 2. The highest BCUT2D eigenvalue weighted by Crippen LogP contribution is 2.49. The lowest BCUT2D eigenvalue weighted by Crippen LogP contribution is -2.53. The number of nitrogens with one attached hydrogen (secondary N) is 1. The molecule has 7 atom stereocenters. The highest BCUT2D eigenvalue weighted by Gasteiger charge is 2.48. The van der Waals surface area contributed by atoms with Crippen LogP contribution in [0.5, 0.6) is 5.75 Å². The molecule has 2 N–H and O–H groups in total. The Morgan fingerprint density at radius 1 is 1.11 bits per heavy atom. The Labute approximate surface area is 277 Å². The maximum absolute atomic E-state index is 13.8. The van der Waals surface area contributed by atoms with E-state index in [0.717, 1.165) is 88.9 Å². The molecule has 7 nitrogen and oxygen atoms in total. The molecule has 1 amide bonds. The van der Waals surface area contributed by atoms with E-state index in [1.54, 1.807) is 6.07 Å². The molecule has 0 saturated heterocycles. The second-order valence-electron chi connectivity index (χ2n) is 15.5. The quantitative estimate of drug-likeness (QED) is 0.413. The fraction of sp³-hybridized carbons (Fsp3) is 0.632. The second kappa shape index (κ2) is 12.8. The summed E-state index contributed by atoms with van der Waals surface area (Å²) in [6, 6.07) is 12.5. The summed E-state index contributed by atoms with van der Waals surface area (Å²) in [6.45, 7) is 9.21. The Morgan fingerprint density at radius 2 is 1.91 bits per heavy atom. The molecule has 2 aromatic carbocycles. The molecule has 46 heavy (non-hydrogen) atoms. The zero-order valence-electron chi connectivity index (χ0n) is 28.6. The zero-order chi connectivity index (χ0) is 32.9. The van der Waals surface area contributed by atoms with Crippen molar-refractivity contribution in [2.75, 3.05) is 45.2 Å². The van der Waals surface area contributed by atoms with Gasteiger partial charge in [-0.05, 0) is 132 Å². The fourth-order valence-corrected chi connectivity index (χ4v) is 10.3. The van der Waals surface area contributed by atoms with Crippen LogP contribution in [0, 0.1) is 24.7 Å². The van der Waals surface area contributed by atoms with Crippen LogP contribution in [0.1, 0.15) is 92.3 Å². The van der Waals surface area contributed by atoms with Crippen LogP contribution in [0.25, 0.3) is 0 Å². The first kappa shape index (κ1) is 33.4. The van der Waals surface area contributed by atoms with Crippen molar-refractivity contribution in [2.45, 2.75) is 94.8 Å². The number of hydrogen-bond acceptors (Lipinski definition) is 6. The number of ether oxygens (including phenoxy) is 1. The largest absolute Gasteiger partial charge is 0.490 e. The number of aliphatic hydroxyl groups is 1. The molecule has 2 aliphatic carbocycles. The van der Waals surface area contributed by atoms with Gasteiger partial charge < -0.3 is 19.6 Å². The molecule has 2 aromatic rings. The monoisotopic (exact) mass is 649 g/mol. The predicted octanol–water partition coefficient (Wildman–Crippen LogP) is 5.75. The SMILES string of the molecule is C=S1(=O)NC(=O)c2ccc3c(c2)N(C[C@@H]2CC[C@H]2[C@@](O)(CCN(C)C)CCC[C@H](C)[C@H]1C)C[C@@]1(CCCc2cc(C)ccc21)CO3. The maximum atomic E-state index is 13.8. The van der Waals surface area contributed by atoms with Crippen molar-refractivity contribution in [1.82, 2.24) is 9.62 Å². The van der Waals surface area contributed by atoms with Gasteiger partial charge in [0.15, 0.2) is 0 Å². The van der Waals surface area contributed by atoms with E-state index in [0.29, 0.717) is 18.1 Å². The molecule has 1 fully saturated rings. The molecule has 0 radical (unpaired) electrons. The van der Waals surface area contributed by atoms with Gasteiger partial charge in [-0.25, -0.2) is 4.21 Å². The molecule has 1 spiro atoms. The Hall–Kier alpha value is -2.55. The van der Waals surface area contributed by atoms with E-state index in [4.69, 9.17) is 4.74 Å². The summed E-state index contributed by atoms with van der Waals surface area (Å²) in [5.41, 5.74) is 4.55. The average Bonchev–Trinajstić information content (AvgIpc) is 3.14. The molecule has 252 valence electrons. The summed E-state index contributed by atoms with van der Waals surface area (Å²) in [7, 11) is 1.25. The molecule has 8 heteroatoms. The maximum Gasteiger partial charge on any atom is 0.262 e. The highest BCUT2D eigenvalue weighted by atomic mass is 32.2. The molecule has 1 saturated carbocycles. The van der Waals surface area contributed by atoms with Crippen LogP contribution in [0.3, 0.4) is 0 Å². The van der Waals surface area contributed by atoms with E-state index in [1.807, 2.05) is 19.1 Å². The first-order chi connectivity index (χ1) is 21.8. The Bertz CT molecular complexity index is 1560. The summed E-state index contributed by atoms with van der Waals surface area (Å²) in [5, 5.41) is 12.1. The Balaban J connectivity index is 1.43. The van der Waals surface area contributed by atoms with Crippen LogP contribution in [0.15, 0.2) is 36.4 Å². The van der Waals surface area contributed by atoms with Crippen molar-refractivity contribution in [3.05, 3.63) is 58.7 Å². The van der Waals surface area contributed by atoms with Crippen molar-refractivity contribution in [1.29, 1.82) is 0 Å². The summed E-state index contributed by atoms with van der Waals surface area (Å²) in [6.07, 6.45) is 8.50. The minimum atomic E-state index is -2.91. The third kappa shape index (κ3) is 6.46. The number of carbonyl (C=O) groups is 1. The van der Waals surface area contributed by atoms with Crippen LogP contribution in [0.2, 0.25) is 0 Å². The molecule has 2 aliphatic heterocycles. The van der Waals surface area contributed by atoms with E-state index >= 15 is 0 Å². The highest BCUT2D eigenvalue weighted by molar-refractivity contribution is 7.99. The first-order valence-corrected chi connectivity index (χ1v) is 19.3. The van der Waals surface area contributed by atoms with Gasteiger partial charge in [0.05, 0.1) is 27.6 Å². The van der Waals surface area contributed by atoms with Gasteiger partial charge in [0, 0.05) is 35.9 Å². The van der Waals surface area contributed by atoms with Crippen molar-refractivity contribution in [3.63, 3.8) is 0 Å². The molecule has 0 aromatic heterocycles. The van der Waals surface area contributed by atoms with Crippen LogP contribution in [0.4, 0.5) is 5.69 Å². The lowest BCUT2D eigenvalue weighted by molar-refractivity contribution is -0.0963. The van der Waals surface area contributed by atoms with Gasteiger partial charge in [0.25, 0.3) is 5.91 Å². The van der Waals surface area contributed by atoms with Crippen LogP contribution < -0.4 is 14.4 Å². The number of carbonyl (C=O) groups excluding carboxylic acids is 1. The normalized spacial score (nSPS) is 34.9. The van der Waals surface area contributed by atoms with Crippen molar-refractivity contribution in [3.8, 4) is 5.75 Å². The van der Waals surface area contributed by atoms with E-state index < -0.39 is 15.3 Å². The zero-order valence-corrected chi connectivity index (χ0v) is 29.5. The average molecular weight is 650 g/mol. The Morgan fingerprint density at radius 3 is 2.65 bits per heavy atom. The molecule has 4 aliphatic rings. The topological polar surface area (TPSA) is 82.1 Å². The number of anilines is 1. The van der Waals surface area contributed by atoms with E-state index in [1.165, 1.54) is 16.7 Å². The van der Waals surface area contributed by atoms with Crippen molar-refractivity contribution >= 4 is 27.2 Å². The van der Waals surface area contributed by atoms with Gasteiger partial charge in [-0.2, -0.15) is 0 Å². The van der Waals surface area contributed by atoms with Crippen LogP contribution >= 0.6 is 0 Å². The van der Waals surface area contributed by atoms with Gasteiger partial charge in [0.2, 0.25) is 0 Å². The predicted molar refractivity (Wildman–Crippen MR) is 189 cm³/mol. The van der Waals surface area contributed by atoms with Crippen molar-refractivity contribution < 1.29 is 18.8 Å². The standard InChI is InChI=1S/C38H55N3O4S/c1-26-11-14-32-29(21-26)10-8-17-37(32)24-41-23-31-12-15-33(31)38(43,19-20-40(4)5)18-7-9-27(2)28(3)46(6,44)39-36(42)30-13-16-35(45-25-37)34(41)22-30/h11,13-14,16,21-22,27-28,31,33,43H,6-10,12,15,17-20,23-25H2,1-5H3,(H,39,42,44)/t27-,28+,31-,33+,37-,38-,46?/m0/s1. The molecule has 1 unspecified atom stereocenters. The van der Waals surface area contributed by atoms with Gasteiger partial charge in [-0.15, -0.1) is 0 Å². The number of aryl methyl sites for hydroxylation is 2. The first-order valence-electron chi connectivity index (χ1n) is 17.5. The third-order valence-electron chi connectivity index (χ3n) is 12.0. The van der Waals surface area contributed by atoms with Gasteiger partial charge in [0.1, 0.15) is 5.75 Å². The van der Waals surface area contributed by atoms with Gasteiger partial charge in [-0.1, -0.05) is 37.1 Å². The fourth-order valence-electron chi connectivity index (χ4n) is 8.76. The van der Waals surface area contributed by atoms with Crippen LogP contribution in [-0.4, -0.2) is 77.2 Å². The number of hydrogen-bond donors (Lipinski definition) is 2. The smallest absolute Gasteiger partial charge is 0.262 e. The van der Waals surface area contributed by atoms with Crippen LogP contribution in [-0.2, 0) is 21.5 Å². The molecular weight excluding hydrogens is 595 g/mol. The molecule has 6 rings (SSSR count). The number of benzene rings is 2. The lowest BCUT2D eigenvalue weighted by atomic mass is 9.62. The van der Waals surface area contributed by atoms with E-state index in [2.05, 4.69) is 66.5 Å². The Kier molecular flexibility index (Phi) is 9.29. The van der Waals surface area contributed by atoms with E-state index in [-0.39, 0.29) is 28.4 Å². The summed E-state index contributed by atoms with van der Waals surface area (Å²) < 4.78 is 23.4. The van der Waals surface area contributed by atoms with Crippen molar-refractivity contribution in [2.24, 2.45) is 17.8 Å². The van der Waals surface area contributed by atoms with E-state index in [9.17, 15) is 14.1 Å². The van der Waals surface area contributed by atoms with Gasteiger partial charge in [-0.3, -0.25) is 9.52 Å². The third-order valence-corrected chi connectivity index (χ3v) is 14.2. The molecule has 2 heterocycles. The number of amides is 1. The number of fused-ring (bicyclic) bond motifs is 4. The minimum absolute atomic E-state index is 0.0859.